The van der Waals surface area contributed by atoms with Crippen LogP contribution in [0.5, 0.6) is 0 Å². The van der Waals surface area contributed by atoms with Crippen molar-refractivity contribution < 1.29 is 9.72 Å². The summed E-state index contributed by atoms with van der Waals surface area (Å²) in [5.41, 5.74) is 2.49. The van der Waals surface area contributed by atoms with E-state index in [0.717, 1.165) is 12.0 Å². The second-order valence-corrected chi connectivity index (χ2v) is 6.58. The van der Waals surface area contributed by atoms with Crippen LogP contribution in [0.4, 0.5) is 11.4 Å². The molecule has 1 N–H and O–H groups in total. The van der Waals surface area contributed by atoms with Gasteiger partial charge in [0, 0.05) is 18.7 Å². The Morgan fingerprint density at radius 1 is 1.23 bits per heavy atom. The summed E-state index contributed by atoms with van der Waals surface area (Å²) < 4.78 is 0. The van der Waals surface area contributed by atoms with Gasteiger partial charge >= 0.3 is 0 Å². The van der Waals surface area contributed by atoms with Crippen LogP contribution in [0.1, 0.15) is 25.0 Å². The molecule has 0 aliphatic carbocycles. The number of rotatable bonds is 7. The van der Waals surface area contributed by atoms with Crippen molar-refractivity contribution in [3.8, 4) is 0 Å². The smallest absolute Gasteiger partial charge is 0.271 e. The topological polar surface area (TPSA) is 75.5 Å². The standard InChI is InChI=1S/C19H22ClN3O3/c1-4-14-5-7-15(8-6-14)12-22(3)13(2)19(24)21-18-11-16(23(25)26)9-10-17(18)20/h5-11,13H,4,12H2,1-3H3,(H,21,24). The zero-order valence-electron chi connectivity index (χ0n) is 15.0. The molecule has 1 unspecified atom stereocenters. The Kier molecular flexibility index (Phi) is 6.71. The van der Waals surface area contributed by atoms with Crippen molar-refractivity contribution in [2.24, 2.45) is 0 Å². The van der Waals surface area contributed by atoms with Gasteiger partial charge in [-0.2, -0.15) is 0 Å². The minimum Gasteiger partial charge on any atom is -0.323 e. The number of hydrogen-bond acceptors (Lipinski definition) is 4. The molecule has 2 aromatic carbocycles. The zero-order valence-corrected chi connectivity index (χ0v) is 15.8. The molecule has 0 spiro atoms. The summed E-state index contributed by atoms with van der Waals surface area (Å²) in [4.78, 5) is 24.8. The largest absolute Gasteiger partial charge is 0.323 e. The van der Waals surface area contributed by atoms with Gasteiger partial charge in [-0.25, -0.2) is 0 Å². The summed E-state index contributed by atoms with van der Waals surface area (Å²) in [5, 5.41) is 13.8. The fourth-order valence-electron chi connectivity index (χ4n) is 2.47. The number of amides is 1. The predicted molar refractivity (Wildman–Crippen MR) is 103 cm³/mol. The number of nitro benzene ring substituents is 1. The van der Waals surface area contributed by atoms with Crippen LogP contribution in [0.15, 0.2) is 42.5 Å². The molecule has 1 atom stereocenters. The van der Waals surface area contributed by atoms with Gasteiger partial charge in [0.15, 0.2) is 0 Å². The number of anilines is 1. The first-order valence-corrected chi connectivity index (χ1v) is 8.72. The molecule has 26 heavy (non-hydrogen) atoms. The molecule has 138 valence electrons. The number of non-ortho nitro benzene ring substituents is 1. The van der Waals surface area contributed by atoms with Crippen LogP contribution in [-0.4, -0.2) is 28.8 Å². The lowest BCUT2D eigenvalue weighted by atomic mass is 10.1. The third kappa shape index (κ3) is 5.03. The molecule has 0 saturated carbocycles. The van der Waals surface area contributed by atoms with Gasteiger partial charge in [0.25, 0.3) is 5.69 Å². The highest BCUT2D eigenvalue weighted by atomic mass is 35.5. The molecule has 0 heterocycles. The number of carbonyl (C=O) groups is 1. The zero-order chi connectivity index (χ0) is 19.3. The average molecular weight is 376 g/mol. The monoisotopic (exact) mass is 375 g/mol. The minimum absolute atomic E-state index is 0.123. The molecule has 0 aliphatic rings. The number of halogens is 1. The number of nitrogens with zero attached hydrogens (tertiary/aromatic N) is 2. The number of likely N-dealkylation sites (N-methyl/N-ethyl adjacent to an activating group) is 1. The molecule has 0 aromatic heterocycles. The summed E-state index contributed by atoms with van der Waals surface area (Å²) >= 11 is 6.04. The van der Waals surface area contributed by atoms with Crippen molar-refractivity contribution in [2.45, 2.75) is 32.9 Å². The third-order valence-electron chi connectivity index (χ3n) is 4.32. The molecule has 0 radical (unpaired) electrons. The summed E-state index contributed by atoms with van der Waals surface area (Å²) in [6.45, 7) is 4.49. The van der Waals surface area contributed by atoms with Crippen LogP contribution in [0.25, 0.3) is 0 Å². The molecular weight excluding hydrogens is 354 g/mol. The molecule has 0 aliphatic heterocycles. The summed E-state index contributed by atoms with van der Waals surface area (Å²) in [6, 6.07) is 11.8. The second-order valence-electron chi connectivity index (χ2n) is 6.17. The van der Waals surface area contributed by atoms with Gasteiger partial charge in [0.1, 0.15) is 0 Å². The normalized spacial score (nSPS) is 12.0. The summed E-state index contributed by atoms with van der Waals surface area (Å²) in [6.07, 6.45) is 0.985. The van der Waals surface area contributed by atoms with E-state index in [0.29, 0.717) is 6.54 Å². The average Bonchev–Trinajstić information content (AvgIpc) is 2.63. The van der Waals surface area contributed by atoms with Crippen molar-refractivity contribution in [2.75, 3.05) is 12.4 Å². The highest BCUT2D eigenvalue weighted by Gasteiger charge is 2.20. The maximum atomic E-state index is 12.5. The van der Waals surface area contributed by atoms with E-state index in [-0.39, 0.29) is 22.3 Å². The van der Waals surface area contributed by atoms with E-state index in [1.54, 1.807) is 6.92 Å². The SMILES string of the molecule is CCc1ccc(CN(C)C(C)C(=O)Nc2cc([N+](=O)[O-])ccc2Cl)cc1. The summed E-state index contributed by atoms with van der Waals surface area (Å²) in [7, 11) is 1.85. The summed E-state index contributed by atoms with van der Waals surface area (Å²) in [5.74, 6) is -0.278. The number of hydrogen-bond donors (Lipinski definition) is 1. The van der Waals surface area contributed by atoms with Gasteiger partial charge in [0.05, 0.1) is 21.7 Å². The van der Waals surface area contributed by atoms with E-state index in [1.165, 1.54) is 23.8 Å². The predicted octanol–water partition coefficient (Wildman–Crippen LogP) is 4.27. The van der Waals surface area contributed by atoms with Gasteiger partial charge in [0.2, 0.25) is 5.91 Å². The van der Waals surface area contributed by atoms with Gasteiger partial charge in [-0.05, 0) is 37.6 Å². The first-order valence-electron chi connectivity index (χ1n) is 8.34. The van der Waals surface area contributed by atoms with E-state index < -0.39 is 11.0 Å². The lowest BCUT2D eigenvalue weighted by Gasteiger charge is -2.24. The molecule has 0 bridgehead atoms. The number of nitro groups is 1. The molecule has 2 rings (SSSR count). The van der Waals surface area contributed by atoms with E-state index in [2.05, 4.69) is 36.5 Å². The first-order chi connectivity index (χ1) is 12.3. The number of carbonyl (C=O) groups excluding carboxylic acids is 1. The van der Waals surface area contributed by atoms with Crippen molar-refractivity contribution in [1.82, 2.24) is 4.90 Å². The second kappa shape index (κ2) is 8.78. The van der Waals surface area contributed by atoms with Crippen LogP contribution in [-0.2, 0) is 17.8 Å². The van der Waals surface area contributed by atoms with E-state index in [9.17, 15) is 14.9 Å². The Bertz CT molecular complexity index is 793. The fourth-order valence-corrected chi connectivity index (χ4v) is 2.63. The number of nitrogens with one attached hydrogen (secondary N) is 1. The Morgan fingerprint density at radius 2 is 1.85 bits per heavy atom. The highest BCUT2D eigenvalue weighted by Crippen LogP contribution is 2.27. The third-order valence-corrected chi connectivity index (χ3v) is 4.65. The minimum atomic E-state index is -0.526. The molecule has 0 saturated heterocycles. The maximum absolute atomic E-state index is 12.5. The fraction of sp³-hybridized carbons (Fsp3) is 0.316. The molecule has 7 heteroatoms. The Morgan fingerprint density at radius 3 is 2.42 bits per heavy atom. The highest BCUT2D eigenvalue weighted by molar-refractivity contribution is 6.33. The Hall–Kier alpha value is -2.44. The van der Waals surface area contributed by atoms with Crippen LogP contribution in [0, 0.1) is 10.1 Å². The van der Waals surface area contributed by atoms with Crippen molar-refractivity contribution in [1.29, 1.82) is 0 Å². The van der Waals surface area contributed by atoms with Crippen LogP contribution < -0.4 is 5.32 Å². The van der Waals surface area contributed by atoms with Crippen molar-refractivity contribution >= 4 is 28.9 Å². The van der Waals surface area contributed by atoms with Crippen LogP contribution >= 0.6 is 11.6 Å². The maximum Gasteiger partial charge on any atom is 0.271 e. The van der Waals surface area contributed by atoms with E-state index >= 15 is 0 Å². The first kappa shape index (κ1) is 19.9. The van der Waals surface area contributed by atoms with Crippen molar-refractivity contribution in [3.05, 3.63) is 68.7 Å². The van der Waals surface area contributed by atoms with E-state index in [1.807, 2.05) is 11.9 Å². The van der Waals surface area contributed by atoms with Gasteiger partial charge in [-0.1, -0.05) is 42.8 Å². The van der Waals surface area contributed by atoms with Gasteiger partial charge in [-0.15, -0.1) is 0 Å². The van der Waals surface area contributed by atoms with E-state index in [4.69, 9.17) is 11.6 Å². The Balaban J connectivity index is 2.04. The van der Waals surface area contributed by atoms with Crippen LogP contribution in [0.3, 0.4) is 0 Å². The molecule has 1 amide bonds. The lowest BCUT2D eigenvalue weighted by Crippen LogP contribution is -2.39. The lowest BCUT2D eigenvalue weighted by molar-refractivity contribution is -0.384. The quantitative estimate of drug-likeness (QED) is 0.579. The van der Waals surface area contributed by atoms with Gasteiger partial charge < -0.3 is 5.32 Å². The molecule has 6 nitrogen and oxygen atoms in total. The number of aryl methyl sites for hydroxylation is 1. The van der Waals surface area contributed by atoms with Crippen molar-refractivity contribution in [3.63, 3.8) is 0 Å². The molecule has 2 aromatic rings. The molecular formula is C19H22ClN3O3. The van der Waals surface area contributed by atoms with Gasteiger partial charge in [-0.3, -0.25) is 19.8 Å². The number of benzene rings is 2. The molecule has 0 fully saturated rings. The van der Waals surface area contributed by atoms with Crippen LogP contribution in [0.2, 0.25) is 5.02 Å². The Labute approximate surface area is 157 Å².